The SMILES string of the molecule is CC[C@@H](C(=O)NCCC(C(=O)NCCNc1ccc(OC)cc1)C1CCCCC1)c1ccccc1. The van der Waals surface area contributed by atoms with E-state index in [1.54, 1.807) is 7.11 Å². The fraction of sp³-hybridized carbons (Fsp3) is 0.517. The van der Waals surface area contributed by atoms with Crippen molar-refractivity contribution >= 4 is 17.5 Å². The number of carbonyl (C=O) groups is 2. The quantitative estimate of drug-likeness (QED) is 0.349. The Bertz CT molecular complexity index is 895. The average molecular weight is 480 g/mol. The maximum atomic E-state index is 13.2. The third-order valence-corrected chi connectivity index (χ3v) is 7.08. The number of amides is 2. The minimum Gasteiger partial charge on any atom is -0.497 e. The number of carbonyl (C=O) groups excluding carboxylic acids is 2. The van der Waals surface area contributed by atoms with Crippen LogP contribution in [-0.2, 0) is 9.59 Å². The summed E-state index contributed by atoms with van der Waals surface area (Å²) in [7, 11) is 1.65. The van der Waals surface area contributed by atoms with Gasteiger partial charge in [0.25, 0.3) is 0 Å². The van der Waals surface area contributed by atoms with E-state index in [1.165, 1.54) is 19.3 Å². The van der Waals surface area contributed by atoms with Crippen molar-refractivity contribution < 1.29 is 14.3 Å². The molecule has 35 heavy (non-hydrogen) atoms. The molecule has 0 heterocycles. The van der Waals surface area contributed by atoms with Gasteiger partial charge in [-0.05, 0) is 61.4 Å². The Hall–Kier alpha value is -3.02. The van der Waals surface area contributed by atoms with Crippen LogP contribution in [0.5, 0.6) is 5.75 Å². The summed E-state index contributed by atoms with van der Waals surface area (Å²) in [6.07, 6.45) is 7.25. The molecule has 1 aliphatic rings. The molecule has 6 nitrogen and oxygen atoms in total. The van der Waals surface area contributed by atoms with Gasteiger partial charge in [0.2, 0.25) is 11.8 Å². The summed E-state index contributed by atoms with van der Waals surface area (Å²) in [6, 6.07) is 17.7. The molecule has 0 spiro atoms. The van der Waals surface area contributed by atoms with Crippen LogP contribution in [0.2, 0.25) is 0 Å². The lowest BCUT2D eigenvalue weighted by Gasteiger charge is -2.30. The molecule has 0 aromatic heterocycles. The number of hydrogen-bond donors (Lipinski definition) is 3. The number of nitrogens with one attached hydrogen (secondary N) is 3. The van der Waals surface area contributed by atoms with Crippen molar-refractivity contribution in [3.8, 4) is 5.75 Å². The third kappa shape index (κ3) is 8.30. The summed E-state index contributed by atoms with van der Waals surface area (Å²) in [4.78, 5) is 26.0. The van der Waals surface area contributed by atoms with Crippen LogP contribution < -0.4 is 20.7 Å². The van der Waals surface area contributed by atoms with E-state index in [4.69, 9.17) is 4.74 Å². The first-order chi connectivity index (χ1) is 17.1. The Labute approximate surface area is 210 Å². The number of hydrogen-bond acceptors (Lipinski definition) is 4. The normalized spacial score (nSPS) is 15.6. The van der Waals surface area contributed by atoms with Gasteiger partial charge in [-0.2, -0.15) is 0 Å². The number of methoxy groups -OCH3 is 1. The van der Waals surface area contributed by atoms with Gasteiger partial charge in [0.05, 0.1) is 13.0 Å². The zero-order chi connectivity index (χ0) is 24.9. The number of benzene rings is 2. The molecule has 6 heteroatoms. The van der Waals surface area contributed by atoms with E-state index in [9.17, 15) is 9.59 Å². The van der Waals surface area contributed by atoms with Gasteiger partial charge in [-0.3, -0.25) is 9.59 Å². The molecular weight excluding hydrogens is 438 g/mol. The molecule has 1 saturated carbocycles. The molecule has 1 fully saturated rings. The van der Waals surface area contributed by atoms with Gasteiger partial charge in [0, 0.05) is 31.2 Å². The van der Waals surface area contributed by atoms with Crippen molar-refractivity contribution in [2.45, 2.75) is 57.8 Å². The molecule has 2 aromatic rings. The highest BCUT2D eigenvalue weighted by atomic mass is 16.5. The summed E-state index contributed by atoms with van der Waals surface area (Å²) in [6.45, 7) is 3.78. The summed E-state index contributed by atoms with van der Waals surface area (Å²) in [5, 5.41) is 9.58. The van der Waals surface area contributed by atoms with Gasteiger partial charge in [-0.25, -0.2) is 0 Å². The third-order valence-electron chi connectivity index (χ3n) is 7.08. The Morgan fingerprint density at radius 1 is 0.886 bits per heavy atom. The van der Waals surface area contributed by atoms with Gasteiger partial charge in [0.1, 0.15) is 5.75 Å². The van der Waals surface area contributed by atoms with Crippen LogP contribution in [-0.4, -0.2) is 38.6 Å². The highest BCUT2D eigenvalue weighted by Gasteiger charge is 2.29. The van der Waals surface area contributed by atoms with Crippen LogP contribution in [0.1, 0.15) is 63.4 Å². The highest BCUT2D eigenvalue weighted by Crippen LogP contribution is 2.32. The van der Waals surface area contributed by atoms with Gasteiger partial charge in [0.15, 0.2) is 0 Å². The Morgan fingerprint density at radius 2 is 1.57 bits per heavy atom. The lowest BCUT2D eigenvalue weighted by atomic mass is 9.78. The predicted molar refractivity (Wildman–Crippen MR) is 142 cm³/mol. The molecule has 1 aliphatic carbocycles. The number of ether oxygens (including phenoxy) is 1. The monoisotopic (exact) mass is 479 g/mol. The Balaban J connectivity index is 1.48. The number of rotatable bonds is 13. The first-order valence-electron chi connectivity index (χ1n) is 13.1. The molecule has 190 valence electrons. The van der Waals surface area contributed by atoms with Crippen molar-refractivity contribution in [1.29, 1.82) is 0 Å². The van der Waals surface area contributed by atoms with Gasteiger partial charge in [-0.1, -0.05) is 56.5 Å². The van der Waals surface area contributed by atoms with Gasteiger partial charge in [-0.15, -0.1) is 0 Å². The van der Waals surface area contributed by atoms with Crippen LogP contribution >= 0.6 is 0 Å². The first-order valence-corrected chi connectivity index (χ1v) is 13.1. The topological polar surface area (TPSA) is 79.5 Å². The molecule has 0 bridgehead atoms. The average Bonchev–Trinajstić information content (AvgIpc) is 2.91. The molecule has 3 rings (SSSR count). The Morgan fingerprint density at radius 3 is 2.23 bits per heavy atom. The van der Waals surface area contributed by atoms with Gasteiger partial charge < -0.3 is 20.7 Å². The largest absolute Gasteiger partial charge is 0.497 e. The molecule has 0 saturated heterocycles. The second-order valence-electron chi connectivity index (χ2n) is 9.40. The Kier molecular flexibility index (Phi) is 10.9. The van der Waals surface area contributed by atoms with Crippen molar-refractivity contribution in [3.05, 3.63) is 60.2 Å². The maximum Gasteiger partial charge on any atom is 0.227 e. The fourth-order valence-electron chi connectivity index (χ4n) is 5.08. The van der Waals surface area contributed by atoms with E-state index in [1.807, 2.05) is 61.5 Å². The van der Waals surface area contributed by atoms with Crippen LogP contribution in [0.25, 0.3) is 0 Å². The van der Waals surface area contributed by atoms with E-state index in [0.717, 1.165) is 36.3 Å². The van der Waals surface area contributed by atoms with E-state index in [0.29, 0.717) is 32.0 Å². The molecule has 0 radical (unpaired) electrons. The first kappa shape index (κ1) is 26.6. The molecule has 2 atom stereocenters. The summed E-state index contributed by atoms with van der Waals surface area (Å²) >= 11 is 0. The zero-order valence-electron chi connectivity index (χ0n) is 21.2. The second kappa shape index (κ2) is 14.4. The maximum absolute atomic E-state index is 13.2. The summed E-state index contributed by atoms with van der Waals surface area (Å²) in [5.74, 6) is 1.16. The summed E-state index contributed by atoms with van der Waals surface area (Å²) in [5.41, 5.74) is 2.04. The minimum absolute atomic E-state index is 0.0465. The van der Waals surface area contributed by atoms with Crippen LogP contribution in [0.15, 0.2) is 54.6 Å². The highest BCUT2D eigenvalue weighted by molar-refractivity contribution is 5.83. The minimum atomic E-state index is -0.151. The molecule has 3 N–H and O–H groups in total. The van der Waals surface area contributed by atoms with Crippen molar-refractivity contribution in [2.75, 3.05) is 32.1 Å². The lowest BCUT2D eigenvalue weighted by molar-refractivity contribution is -0.128. The van der Waals surface area contributed by atoms with Crippen molar-refractivity contribution in [1.82, 2.24) is 10.6 Å². The fourth-order valence-corrected chi connectivity index (χ4v) is 5.08. The van der Waals surface area contributed by atoms with Crippen LogP contribution in [0.3, 0.4) is 0 Å². The molecular formula is C29H41N3O3. The van der Waals surface area contributed by atoms with E-state index in [2.05, 4.69) is 16.0 Å². The standard InChI is InChI=1S/C29H41N3O3/c1-3-26(22-10-6-4-7-11-22)28(33)31-19-18-27(23-12-8-5-9-13-23)29(34)32-21-20-30-24-14-16-25(35-2)17-15-24/h4,6-7,10-11,14-17,23,26-27,30H,3,5,8-9,12-13,18-21H2,1-2H3,(H,31,33)(H,32,34)/t26-,27?/m1/s1. The van der Waals surface area contributed by atoms with Crippen LogP contribution in [0.4, 0.5) is 5.69 Å². The zero-order valence-corrected chi connectivity index (χ0v) is 21.2. The molecule has 0 aliphatic heterocycles. The van der Waals surface area contributed by atoms with Crippen molar-refractivity contribution in [3.63, 3.8) is 0 Å². The van der Waals surface area contributed by atoms with E-state index >= 15 is 0 Å². The van der Waals surface area contributed by atoms with E-state index in [-0.39, 0.29) is 23.7 Å². The van der Waals surface area contributed by atoms with Gasteiger partial charge >= 0.3 is 0 Å². The molecule has 2 aromatic carbocycles. The second-order valence-corrected chi connectivity index (χ2v) is 9.40. The molecule has 2 amide bonds. The van der Waals surface area contributed by atoms with E-state index < -0.39 is 0 Å². The predicted octanol–water partition coefficient (Wildman–Crippen LogP) is 5.12. The lowest BCUT2D eigenvalue weighted by Crippen LogP contribution is -2.40. The smallest absolute Gasteiger partial charge is 0.227 e. The molecule has 1 unspecified atom stereocenters. The van der Waals surface area contributed by atoms with Crippen molar-refractivity contribution in [2.24, 2.45) is 11.8 Å². The summed E-state index contributed by atoms with van der Waals surface area (Å²) < 4.78 is 5.19. The number of anilines is 1. The van der Waals surface area contributed by atoms with Crippen LogP contribution in [0, 0.1) is 11.8 Å².